The lowest BCUT2D eigenvalue weighted by molar-refractivity contribution is 0.0950. The molecule has 3 N–H and O–H groups in total. The Balaban J connectivity index is 2.55. The van der Waals surface area contributed by atoms with Gasteiger partial charge in [0.25, 0.3) is 5.91 Å². The predicted molar refractivity (Wildman–Crippen MR) is 77.7 cm³/mol. The van der Waals surface area contributed by atoms with Gasteiger partial charge in [0.15, 0.2) is 0 Å². The first-order chi connectivity index (χ1) is 9.60. The van der Waals surface area contributed by atoms with Gasteiger partial charge in [0.2, 0.25) is 0 Å². The summed E-state index contributed by atoms with van der Waals surface area (Å²) >= 11 is 0. The van der Waals surface area contributed by atoms with Gasteiger partial charge in [0.05, 0.1) is 0 Å². The van der Waals surface area contributed by atoms with E-state index in [1.54, 1.807) is 6.07 Å². The van der Waals surface area contributed by atoms with E-state index in [2.05, 4.69) is 18.7 Å². The van der Waals surface area contributed by atoms with E-state index < -0.39 is 11.5 Å². The molecule has 0 aliphatic carbocycles. The molecule has 1 aromatic carbocycles. The van der Waals surface area contributed by atoms with E-state index in [0.717, 1.165) is 18.8 Å². The van der Waals surface area contributed by atoms with Crippen LogP contribution < -0.4 is 21.8 Å². The van der Waals surface area contributed by atoms with Crippen molar-refractivity contribution in [2.24, 2.45) is 5.84 Å². The van der Waals surface area contributed by atoms with Crippen molar-refractivity contribution in [1.82, 2.24) is 5.43 Å². The molecule has 0 spiro atoms. The molecule has 0 bridgehead atoms. The molecule has 2 aromatic rings. The number of carbonyl (C=O) groups is 1. The number of hydrogen-bond acceptors (Lipinski definition) is 5. The number of nitrogen functional groups attached to an aromatic ring is 1. The van der Waals surface area contributed by atoms with Crippen LogP contribution in [0.5, 0.6) is 0 Å². The lowest BCUT2D eigenvalue weighted by atomic mass is 10.1. The zero-order valence-electron chi connectivity index (χ0n) is 11.5. The normalized spacial score (nSPS) is 10.6. The number of carbonyl (C=O) groups excluding carboxylic acids is 1. The zero-order chi connectivity index (χ0) is 14.7. The molecule has 1 heterocycles. The van der Waals surface area contributed by atoms with Gasteiger partial charge in [-0.1, -0.05) is 0 Å². The first-order valence-electron chi connectivity index (χ1n) is 6.44. The van der Waals surface area contributed by atoms with Crippen LogP contribution in [0.3, 0.4) is 0 Å². The molecule has 0 unspecified atom stereocenters. The van der Waals surface area contributed by atoms with E-state index >= 15 is 0 Å². The molecule has 0 radical (unpaired) electrons. The van der Waals surface area contributed by atoms with E-state index in [9.17, 15) is 9.59 Å². The quantitative estimate of drug-likeness (QED) is 0.379. The van der Waals surface area contributed by atoms with Crippen molar-refractivity contribution in [2.45, 2.75) is 13.8 Å². The van der Waals surface area contributed by atoms with Crippen LogP contribution in [0.15, 0.2) is 33.5 Å². The van der Waals surface area contributed by atoms with Crippen LogP contribution in [0.25, 0.3) is 11.0 Å². The fourth-order valence-corrected chi connectivity index (χ4v) is 2.12. The van der Waals surface area contributed by atoms with Crippen LogP contribution in [-0.2, 0) is 0 Å². The number of amides is 1. The topological polar surface area (TPSA) is 88.6 Å². The maximum absolute atomic E-state index is 11.8. The first kappa shape index (κ1) is 14.1. The third-order valence-corrected chi connectivity index (χ3v) is 3.22. The Kier molecular flexibility index (Phi) is 4.05. The molecule has 6 nitrogen and oxygen atoms in total. The molecule has 1 aromatic heterocycles. The van der Waals surface area contributed by atoms with Crippen molar-refractivity contribution in [3.05, 3.63) is 40.2 Å². The molecule has 0 saturated heterocycles. The van der Waals surface area contributed by atoms with Crippen molar-refractivity contribution < 1.29 is 9.21 Å². The number of hydrazine groups is 1. The Morgan fingerprint density at radius 1 is 1.30 bits per heavy atom. The van der Waals surface area contributed by atoms with E-state index in [1.807, 2.05) is 17.6 Å². The first-order valence-corrected chi connectivity index (χ1v) is 6.44. The maximum Gasteiger partial charge on any atom is 0.349 e. The number of fused-ring (bicyclic) bond motifs is 1. The Morgan fingerprint density at radius 3 is 2.60 bits per heavy atom. The van der Waals surface area contributed by atoms with Crippen LogP contribution in [-0.4, -0.2) is 19.0 Å². The highest BCUT2D eigenvalue weighted by atomic mass is 16.4. The molecule has 0 aliphatic rings. The van der Waals surface area contributed by atoms with Gasteiger partial charge in [-0.05, 0) is 32.0 Å². The molecule has 6 heteroatoms. The molecular formula is C14H17N3O3. The Morgan fingerprint density at radius 2 is 2.00 bits per heavy atom. The summed E-state index contributed by atoms with van der Waals surface area (Å²) in [4.78, 5) is 25.3. The average Bonchev–Trinajstić information content (AvgIpc) is 2.47. The van der Waals surface area contributed by atoms with Crippen LogP contribution >= 0.6 is 0 Å². The maximum atomic E-state index is 11.8. The summed E-state index contributed by atoms with van der Waals surface area (Å²) < 4.78 is 5.20. The molecule has 0 aliphatic heterocycles. The van der Waals surface area contributed by atoms with Gasteiger partial charge in [-0.3, -0.25) is 10.2 Å². The lowest BCUT2D eigenvalue weighted by Gasteiger charge is -2.20. The number of anilines is 1. The minimum Gasteiger partial charge on any atom is -0.422 e. The third kappa shape index (κ3) is 2.50. The van der Waals surface area contributed by atoms with Crippen LogP contribution in [0, 0.1) is 0 Å². The van der Waals surface area contributed by atoms with Gasteiger partial charge in [-0.25, -0.2) is 10.6 Å². The van der Waals surface area contributed by atoms with Crippen LogP contribution in [0.2, 0.25) is 0 Å². The summed E-state index contributed by atoms with van der Waals surface area (Å²) in [6.45, 7) is 5.83. The van der Waals surface area contributed by atoms with Gasteiger partial charge in [-0.2, -0.15) is 0 Å². The number of nitrogens with one attached hydrogen (secondary N) is 1. The van der Waals surface area contributed by atoms with Crippen molar-refractivity contribution >= 4 is 22.6 Å². The largest absolute Gasteiger partial charge is 0.422 e. The van der Waals surface area contributed by atoms with Crippen molar-refractivity contribution in [2.75, 3.05) is 18.0 Å². The molecule has 0 atom stereocenters. The smallest absolute Gasteiger partial charge is 0.349 e. The van der Waals surface area contributed by atoms with Gasteiger partial charge in [0, 0.05) is 30.2 Å². The molecule has 2 rings (SSSR count). The summed E-state index contributed by atoms with van der Waals surface area (Å²) in [5, 5.41) is 0.680. The molecule has 106 valence electrons. The molecule has 0 fully saturated rings. The second-order valence-corrected chi connectivity index (χ2v) is 4.32. The third-order valence-electron chi connectivity index (χ3n) is 3.22. The predicted octanol–water partition coefficient (Wildman–Crippen LogP) is 1.24. The molecule has 1 amide bonds. The van der Waals surface area contributed by atoms with Gasteiger partial charge in [-0.15, -0.1) is 0 Å². The van der Waals surface area contributed by atoms with Crippen LogP contribution in [0.4, 0.5) is 5.69 Å². The van der Waals surface area contributed by atoms with Crippen molar-refractivity contribution in [3.8, 4) is 0 Å². The molecule has 20 heavy (non-hydrogen) atoms. The fourth-order valence-electron chi connectivity index (χ4n) is 2.12. The number of rotatable bonds is 4. The average molecular weight is 275 g/mol. The van der Waals surface area contributed by atoms with Crippen molar-refractivity contribution in [3.63, 3.8) is 0 Å². The highest BCUT2D eigenvalue weighted by Crippen LogP contribution is 2.21. The highest BCUT2D eigenvalue weighted by molar-refractivity contribution is 5.96. The summed E-state index contributed by atoms with van der Waals surface area (Å²) in [5.74, 6) is 4.37. The van der Waals surface area contributed by atoms with E-state index in [0.29, 0.717) is 11.0 Å². The summed E-state index contributed by atoms with van der Waals surface area (Å²) in [7, 11) is 0. The van der Waals surface area contributed by atoms with Gasteiger partial charge < -0.3 is 9.32 Å². The number of benzene rings is 1. The summed E-state index contributed by atoms with van der Waals surface area (Å²) in [6, 6.07) is 7.03. The lowest BCUT2D eigenvalue weighted by Crippen LogP contribution is -2.33. The fraction of sp³-hybridized carbons (Fsp3) is 0.286. The van der Waals surface area contributed by atoms with Crippen molar-refractivity contribution in [1.29, 1.82) is 0 Å². The molecular weight excluding hydrogens is 258 g/mol. The van der Waals surface area contributed by atoms with E-state index in [4.69, 9.17) is 10.3 Å². The number of nitrogens with two attached hydrogens (primary N) is 1. The SMILES string of the molecule is CCN(CC)c1ccc2cc(C(=O)NN)c(=O)oc2c1. The van der Waals surface area contributed by atoms with E-state index in [-0.39, 0.29) is 5.56 Å². The summed E-state index contributed by atoms with van der Waals surface area (Å²) in [5.41, 5.74) is 2.55. The standard InChI is InChI=1S/C14H17N3O3/c1-3-17(4-2)10-6-5-9-7-11(13(18)16-15)14(19)20-12(9)8-10/h5-8H,3-4,15H2,1-2H3,(H,16,18). The Bertz CT molecular complexity index is 690. The Labute approximate surface area is 116 Å². The molecule has 0 saturated carbocycles. The minimum absolute atomic E-state index is 0.101. The second kappa shape index (κ2) is 5.75. The zero-order valence-corrected chi connectivity index (χ0v) is 11.5. The highest BCUT2D eigenvalue weighted by Gasteiger charge is 2.13. The van der Waals surface area contributed by atoms with Crippen LogP contribution in [0.1, 0.15) is 24.2 Å². The summed E-state index contributed by atoms with van der Waals surface area (Å²) in [6.07, 6.45) is 0. The Hall–Kier alpha value is -2.34. The number of nitrogens with zero attached hydrogens (tertiary/aromatic N) is 1. The minimum atomic E-state index is -0.697. The monoisotopic (exact) mass is 275 g/mol. The second-order valence-electron chi connectivity index (χ2n) is 4.32. The van der Waals surface area contributed by atoms with Gasteiger partial charge in [0.1, 0.15) is 11.1 Å². The van der Waals surface area contributed by atoms with Gasteiger partial charge >= 0.3 is 5.63 Å². The van der Waals surface area contributed by atoms with E-state index in [1.165, 1.54) is 6.07 Å². The number of hydrogen-bond donors (Lipinski definition) is 2.